The van der Waals surface area contributed by atoms with Crippen molar-refractivity contribution in [3.05, 3.63) is 0 Å². The van der Waals surface area contributed by atoms with Gasteiger partial charge in [-0.05, 0) is 12.8 Å². The molecule has 15 heavy (non-hydrogen) atoms. The summed E-state index contributed by atoms with van der Waals surface area (Å²) in [5.41, 5.74) is 0. The zero-order valence-electron chi connectivity index (χ0n) is 10.7. The van der Waals surface area contributed by atoms with E-state index in [1.165, 1.54) is 19.3 Å². The summed E-state index contributed by atoms with van der Waals surface area (Å²) in [5, 5.41) is 0. The Morgan fingerprint density at radius 2 is 1.53 bits per heavy atom. The first-order chi connectivity index (χ1) is 7.24. The fraction of sp³-hybridized carbons (Fsp3) is 1.00. The first-order valence-electron chi connectivity index (χ1n) is 5.99. The van der Waals surface area contributed by atoms with E-state index in [9.17, 15) is 0 Å². The lowest BCUT2D eigenvalue weighted by Gasteiger charge is -2.26. The summed E-state index contributed by atoms with van der Waals surface area (Å²) in [4.78, 5) is 0. The summed E-state index contributed by atoms with van der Waals surface area (Å²) in [7, 11) is 1.08. The van der Waals surface area contributed by atoms with Gasteiger partial charge in [-0.15, -0.1) is 0 Å². The van der Waals surface area contributed by atoms with E-state index in [1.54, 1.807) is 14.2 Å². The van der Waals surface area contributed by atoms with Gasteiger partial charge in [-0.2, -0.15) is 0 Å². The van der Waals surface area contributed by atoms with Crippen LogP contribution in [-0.2, 0) is 13.3 Å². The minimum absolute atomic E-state index is 0.738. The molecule has 0 saturated carbocycles. The Morgan fingerprint density at radius 1 is 0.867 bits per heavy atom. The molecule has 0 rings (SSSR count). The average molecular weight is 234 g/mol. The van der Waals surface area contributed by atoms with Gasteiger partial charge in [0, 0.05) is 26.9 Å². The maximum absolute atomic E-state index is 5.75. The molecule has 0 aliphatic heterocycles. The Labute approximate surface area is 95.5 Å². The van der Waals surface area contributed by atoms with Crippen LogP contribution in [-0.4, -0.2) is 29.6 Å². The molecule has 0 N–H and O–H groups in total. The predicted molar refractivity (Wildman–Crippen MR) is 65.0 cm³/mol. The van der Waals surface area contributed by atoms with Crippen molar-refractivity contribution in [1.82, 2.24) is 0 Å². The van der Waals surface area contributed by atoms with Crippen molar-refractivity contribution in [2.24, 2.45) is 0 Å². The first-order valence-corrected chi connectivity index (χ1v) is 7.92. The van der Waals surface area contributed by atoms with Gasteiger partial charge in [0.05, 0.1) is 0 Å². The topological polar surface area (TPSA) is 27.7 Å². The van der Waals surface area contributed by atoms with Gasteiger partial charge in [0.2, 0.25) is 0 Å². The largest absolute Gasteiger partial charge is 0.500 e. The lowest BCUT2D eigenvalue weighted by atomic mass is 10.2. The Morgan fingerprint density at radius 3 is 2.00 bits per heavy atom. The predicted octanol–water partition coefficient (Wildman–Crippen LogP) is 3.23. The van der Waals surface area contributed by atoms with Crippen LogP contribution in [0, 0.1) is 0 Å². The number of unbranched alkanes of at least 4 members (excludes halogenated alkanes) is 3. The minimum atomic E-state index is -2.31. The molecule has 0 fully saturated rings. The van der Waals surface area contributed by atoms with Crippen LogP contribution in [0.2, 0.25) is 6.04 Å². The second kappa shape index (κ2) is 9.33. The van der Waals surface area contributed by atoms with E-state index in [-0.39, 0.29) is 0 Å². The van der Waals surface area contributed by atoms with Crippen molar-refractivity contribution in [3.8, 4) is 0 Å². The highest BCUT2D eigenvalue weighted by Gasteiger charge is 2.37. The molecule has 0 amide bonds. The molecule has 0 aliphatic rings. The molecular weight excluding hydrogens is 208 g/mol. The highest BCUT2D eigenvalue weighted by molar-refractivity contribution is 6.60. The van der Waals surface area contributed by atoms with Gasteiger partial charge in [0.25, 0.3) is 0 Å². The average Bonchev–Trinajstić information content (AvgIpc) is 2.29. The van der Waals surface area contributed by atoms with Crippen LogP contribution in [0.1, 0.15) is 46.0 Å². The van der Waals surface area contributed by atoms with Crippen molar-refractivity contribution in [2.45, 2.75) is 52.0 Å². The summed E-state index contributed by atoms with van der Waals surface area (Å²) in [6.07, 6.45) is 5.94. The molecule has 3 nitrogen and oxygen atoms in total. The normalized spacial score (nSPS) is 12.0. The molecule has 0 bridgehead atoms. The van der Waals surface area contributed by atoms with Crippen molar-refractivity contribution >= 4 is 8.80 Å². The van der Waals surface area contributed by atoms with E-state index in [0.29, 0.717) is 0 Å². The standard InChI is InChI=1S/C11H26O3Si/c1-5-7-8-9-11-15(12-3,13-4)14-10-6-2/h5-11H2,1-4H3. The third-order valence-electron chi connectivity index (χ3n) is 2.48. The molecule has 0 saturated heterocycles. The molecule has 0 heterocycles. The summed E-state index contributed by atoms with van der Waals surface area (Å²) < 4.78 is 16.7. The maximum atomic E-state index is 5.75. The van der Waals surface area contributed by atoms with E-state index < -0.39 is 8.80 Å². The molecule has 4 heteroatoms. The van der Waals surface area contributed by atoms with Crippen molar-refractivity contribution in [3.63, 3.8) is 0 Å². The van der Waals surface area contributed by atoms with Crippen LogP contribution in [0.25, 0.3) is 0 Å². The van der Waals surface area contributed by atoms with E-state index in [1.807, 2.05) is 0 Å². The van der Waals surface area contributed by atoms with Crippen LogP contribution in [0.15, 0.2) is 0 Å². The summed E-state index contributed by atoms with van der Waals surface area (Å²) in [5.74, 6) is 0. The highest BCUT2D eigenvalue weighted by atomic mass is 28.4. The van der Waals surface area contributed by atoms with Gasteiger partial charge in [-0.1, -0.05) is 33.1 Å². The van der Waals surface area contributed by atoms with Crippen molar-refractivity contribution in [2.75, 3.05) is 20.8 Å². The fourth-order valence-electron chi connectivity index (χ4n) is 1.50. The zero-order chi connectivity index (χ0) is 11.6. The third kappa shape index (κ3) is 6.30. The SMILES string of the molecule is CCCCCC[Si](OC)(OC)OCCC. The Hall–Kier alpha value is 0.0969. The quantitative estimate of drug-likeness (QED) is 0.429. The lowest BCUT2D eigenvalue weighted by Crippen LogP contribution is -2.43. The molecule has 0 aromatic rings. The van der Waals surface area contributed by atoms with Gasteiger partial charge in [-0.3, -0.25) is 0 Å². The van der Waals surface area contributed by atoms with Crippen LogP contribution < -0.4 is 0 Å². The summed E-state index contributed by atoms with van der Waals surface area (Å²) >= 11 is 0. The smallest absolute Gasteiger partial charge is 0.377 e. The Bertz CT molecular complexity index is 138. The van der Waals surface area contributed by atoms with Gasteiger partial charge < -0.3 is 13.3 Å². The van der Waals surface area contributed by atoms with Gasteiger partial charge in [0.15, 0.2) is 0 Å². The Balaban J connectivity index is 3.88. The van der Waals surface area contributed by atoms with Crippen LogP contribution in [0.3, 0.4) is 0 Å². The lowest BCUT2D eigenvalue weighted by molar-refractivity contribution is 0.0976. The molecule has 0 unspecified atom stereocenters. The Kier molecular flexibility index (Phi) is 9.39. The van der Waals surface area contributed by atoms with Crippen LogP contribution >= 0.6 is 0 Å². The molecular formula is C11H26O3Si. The van der Waals surface area contributed by atoms with E-state index >= 15 is 0 Å². The van der Waals surface area contributed by atoms with Crippen molar-refractivity contribution in [1.29, 1.82) is 0 Å². The van der Waals surface area contributed by atoms with E-state index in [0.717, 1.165) is 25.5 Å². The molecule has 0 spiro atoms. The first kappa shape index (κ1) is 15.1. The summed E-state index contributed by atoms with van der Waals surface area (Å²) in [6, 6.07) is 0.944. The second-order valence-corrected chi connectivity index (χ2v) is 6.72. The molecule has 92 valence electrons. The fourth-order valence-corrected chi connectivity index (χ4v) is 3.66. The monoisotopic (exact) mass is 234 g/mol. The maximum Gasteiger partial charge on any atom is 0.500 e. The van der Waals surface area contributed by atoms with Crippen LogP contribution in [0.4, 0.5) is 0 Å². The minimum Gasteiger partial charge on any atom is -0.377 e. The van der Waals surface area contributed by atoms with Gasteiger partial charge in [-0.25, -0.2) is 0 Å². The molecule has 0 atom stereocenters. The molecule has 0 radical (unpaired) electrons. The number of rotatable bonds is 10. The van der Waals surface area contributed by atoms with E-state index in [4.69, 9.17) is 13.3 Å². The highest BCUT2D eigenvalue weighted by Crippen LogP contribution is 2.18. The zero-order valence-corrected chi connectivity index (χ0v) is 11.7. The second-order valence-electron chi connectivity index (χ2n) is 3.75. The van der Waals surface area contributed by atoms with Crippen LogP contribution in [0.5, 0.6) is 0 Å². The molecule has 0 aliphatic carbocycles. The molecule has 0 aromatic heterocycles. The summed E-state index contributed by atoms with van der Waals surface area (Å²) in [6.45, 7) is 5.05. The van der Waals surface area contributed by atoms with Gasteiger partial charge in [0.1, 0.15) is 0 Å². The number of hydrogen-bond donors (Lipinski definition) is 0. The van der Waals surface area contributed by atoms with Gasteiger partial charge >= 0.3 is 8.80 Å². The molecule has 0 aromatic carbocycles. The third-order valence-corrected chi connectivity index (χ3v) is 5.34. The van der Waals surface area contributed by atoms with E-state index in [2.05, 4.69) is 13.8 Å². The number of hydrogen-bond acceptors (Lipinski definition) is 3. The van der Waals surface area contributed by atoms with Crippen molar-refractivity contribution < 1.29 is 13.3 Å².